The number of aliphatic hydroxyl groups is 1. The summed E-state index contributed by atoms with van der Waals surface area (Å²) < 4.78 is 29.4. The topological polar surface area (TPSA) is 124 Å². The Kier molecular flexibility index (Phi) is 4.70. The summed E-state index contributed by atoms with van der Waals surface area (Å²) in [7, 11) is 0. The van der Waals surface area contributed by atoms with Crippen molar-refractivity contribution in [3.05, 3.63) is 11.6 Å². The van der Waals surface area contributed by atoms with E-state index in [9.17, 15) is 19.5 Å². The maximum Gasteiger partial charge on any atom is 0.342 e. The number of esters is 3. The first-order valence-electron chi connectivity index (χ1n) is 11.6. The number of carbonyl (C=O) groups excluding carboxylic acids is 3. The Morgan fingerprint density at radius 2 is 1.76 bits per heavy atom. The zero-order valence-electron chi connectivity index (χ0n) is 19.9. The summed E-state index contributed by atoms with van der Waals surface area (Å²) in [4.78, 5) is 37.0. The molecule has 10 atom stereocenters. The van der Waals surface area contributed by atoms with Crippen molar-refractivity contribution in [3.8, 4) is 0 Å². The first-order chi connectivity index (χ1) is 15.3. The van der Waals surface area contributed by atoms with Gasteiger partial charge >= 0.3 is 17.9 Å². The van der Waals surface area contributed by atoms with Gasteiger partial charge in [0.05, 0.1) is 17.8 Å². The molecule has 5 aliphatic rings. The number of epoxide rings is 2. The molecule has 4 fully saturated rings. The van der Waals surface area contributed by atoms with Gasteiger partial charge in [0.1, 0.15) is 12.2 Å². The lowest BCUT2D eigenvalue weighted by Gasteiger charge is -2.53. The zero-order chi connectivity index (χ0) is 24.1. The third-order valence-corrected chi connectivity index (χ3v) is 8.81. The zero-order valence-corrected chi connectivity index (χ0v) is 19.9. The normalized spacial score (nSPS) is 53.7. The van der Waals surface area contributed by atoms with Gasteiger partial charge in [-0.3, -0.25) is 9.59 Å². The van der Waals surface area contributed by atoms with Crippen LogP contribution in [-0.4, -0.2) is 70.3 Å². The smallest absolute Gasteiger partial charge is 0.342 e. The SMILES string of the molecule is CC(=O)O[C@H]1C[C@@H]2O[C@]2(C)C2[C@@H](O)[C@]34O[C@@]3(C)C(=O)O[C@H]4/C=C(/C)CC[C@@H](OC(C)=O)[C@]21C. The van der Waals surface area contributed by atoms with Gasteiger partial charge in [-0.05, 0) is 39.7 Å². The van der Waals surface area contributed by atoms with E-state index in [1.807, 2.05) is 26.8 Å². The van der Waals surface area contributed by atoms with Crippen LogP contribution in [0.2, 0.25) is 0 Å². The van der Waals surface area contributed by atoms with Crippen molar-refractivity contribution in [1.29, 1.82) is 0 Å². The molecule has 0 bridgehead atoms. The van der Waals surface area contributed by atoms with Crippen LogP contribution in [-0.2, 0) is 38.1 Å². The predicted octanol–water partition coefficient (Wildman–Crippen LogP) is 1.59. The number of aliphatic hydroxyl groups excluding tert-OH is 1. The minimum atomic E-state index is -1.30. The van der Waals surface area contributed by atoms with Crippen LogP contribution in [0.1, 0.15) is 60.8 Å². The molecule has 0 amide bonds. The lowest BCUT2D eigenvalue weighted by Crippen LogP contribution is -2.65. The summed E-state index contributed by atoms with van der Waals surface area (Å²) in [6.07, 6.45) is -0.283. The minimum Gasteiger partial charge on any atom is -0.462 e. The Hall–Kier alpha value is -1.97. The number of allylic oxidation sites excluding steroid dienone is 1. The van der Waals surface area contributed by atoms with Gasteiger partial charge in [-0.15, -0.1) is 0 Å². The van der Waals surface area contributed by atoms with Gasteiger partial charge in [-0.25, -0.2) is 4.79 Å². The van der Waals surface area contributed by atoms with Crippen molar-refractivity contribution in [2.45, 2.75) is 108 Å². The Balaban J connectivity index is 1.69. The van der Waals surface area contributed by atoms with Crippen molar-refractivity contribution >= 4 is 17.9 Å². The van der Waals surface area contributed by atoms with Crippen molar-refractivity contribution in [2.75, 3.05) is 0 Å². The Bertz CT molecular complexity index is 960. The molecule has 1 spiro atoms. The van der Waals surface area contributed by atoms with Gasteiger partial charge in [0, 0.05) is 31.6 Å². The van der Waals surface area contributed by atoms with E-state index in [0.29, 0.717) is 19.3 Å². The van der Waals surface area contributed by atoms with Crippen LogP contribution < -0.4 is 0 Å². The van der Waals surface area contributed by atoms with Crippen LogP contribution in [0.3, 0.4) is 0 Å². The summed E-state index contributed by atoms with van der Waals surface area (Å²) in [5.74, 6) is -2.10. The molecule has 2 aliphatic carbocycles. The molecule has 0 aromatic carbocycles. The molecule has 0 radical (unpaired) electrons. The van der Waals surface area contributed by atoms with E-state index in [-0.39, 0.29) is 6.10 Å². The van der Waals surface area contributed by atoms with Crippen LogP contribution in [0.5, 0.6) is 0 Å². The quantitative estimate of drug-likeness (QED) is 0.281. The average molecular weight is 465 g/mol. The number of ether oxygens (including phenoxy) is 5. The van der Waals surface area contributed by atoms with Gasteiger partial charge in [0.25, 0.3) is 0 Å². The number of fused-ring (bicyclic) bond motifs is 3. The molecule has 1 saturated carbocycles. The third kappa shape index (κ3) is 2.85. The van der Waals surface area contributed by atoms with Crippen molar-refractivity contribution < 1.29 is 43.2 Å². The van der Waals surface area contributed by atoms with Gasteiger partial charge in [-0.1, -0.05) is 12.5 Å². The molecule has 5 rings (SSSR count). The molecule has 3 heterocycles. The van der Waals surface area contributed by atoms with E-state index in [2.05, 4.69) is 0 Å². The molecule has 1 N–H and O–H groups in total. The van der Waals surface area contributed by atoms with Crippen molar-refractivity contribution in [2.24, 2.45) is 11.3 Å². The molecule has 0 aromatic rings. The fourth-order valence-electron chi connectivity index (χ4n) is 7.00. The molecule has 33 heavy (non-hydrogen) atoms. The standard InChI is InChI=1S/C24H32O9/c1-11-7-8-14(29-12(2)25)21(4)15(30-13(3)26)10-16-22(5,32-16)18(21)19(27)24-17(9-11)31-20(28)23(24,6)33-24/h9,14-19,27H,7-8,10H2,1-6H3/b11-9-/t14-,15+,16+,17+,18?,19-,21+,22+,23+,24+/m1/s1. The predicted molar refractivity (Wildman–Crippen MR) is 112 cm³/mol. The Labute approximate surface area is 192 Å². The second kappa shape index (κ2) is 6.79. The maximum atomic E-state index is 12.7. The van der Waals surface area contributed by atoms with E-state index in [4.69, 9.17) is 23.7 Å². The maximum absolute atomic E-state index is 12.7. The Morgan fingerprint density at radius 3 is 2.36 bits per heavy atom. The molecule has 9 nitrogen and oxygen atoms in total. The molecular formula is C24H32O9. The monoisotopic (exact) mass is 464 g/mol. The highest BCUT2D eigenvalue weighted by molar-refractivity contribution is 5.89. The summed E-state index contributed by atoms with van der Waals surface area (Å²) in [5, 5.41) is 12.1. The average Bonchev–Trinajstić information content (AvgIpc) is 3.53. The first-order valence-corrected chi connectivity index (χ1v) is 11.6. The second-order valence-electron chi connectivity index (χ2n) is 10.8. The van der Waals surface area contributed by atoms with Crippen LogP contribution in [0.15, 0.2) is 11.6 Å². The molecule has 9 heteroatoms. The number of carbonyl (C=O) groups is 3. The van der Waals surface area contributed by atoms with E-state index in [1.54, 1.807) is 6.92 Å². The highest BCUT2D eigenvalue weighted by atomic mass is 16.7. The van der Waals surface area contributed by atoms with Gasteiger partial charge in [-0.2, -0.15) is 0 Å². The van der Waals surface area contributed by atoms with Gasteiger partial charge in [0.15, 0.2) is 17.3 Å². The van der Waals surface area contributed by atoms with Crippen LogP contribution in [0.4, 0.5) is 0 Å². The van der Waals surface area contributed by atoms with E-state index < -0.39 is 70.5 Å². The van der Waals surface area contributed by atoms with Crippen molar-refractivity contribution in [1.82, 2.24) is 0 Å². The number of hydrogen-bond acceptors (Lipinski definition) is 9. The second-order valence-corrected chi connectivity index (χ2v) is 10.8. The van der Waals surface area contributed by atoms with Crippen molar-refractivity contribution in [3.63, 3.8) is 0 Å². The number of hydrogen-bond donors (Lipinski definition) is 1. The summed E-state index contributed by atoms with van der Waals surface area (Å²) >= 11 is 0. The molecular weight excluding hydrogens is 432 g/mol. The van der Waals surface area contributed by atoms with E-state index in [1.165, 1.54) is 13.8 Å². The summed E-state index contributed by atoms with van der Waals surface area (Å²) in [5.41, 5.74) is -3.44. The van der Waals surface area contributed by atoms with Crippen LogP contribution >= 0.6 is 0 Å². The third-order valence-electron chi connectivity index (χ3n) is 8.81. The lowest BCUT2D eigenvalue weighted by molar-refractivity contribution is -0.205. The lowest BCUT2D eigenvalue weighted by atomic mass is 9.54. The summed E-state index contributed by atoms with van der Waals surface area (Å²) in [6, 6.07) is 0. The van der Waals surface area contributed by atoms with E-state index in [0.717, 1.165) is 5.57 Å². The fraction of sp³-hybridized carbons (Fsp3) is 0.792. The minimum absolute atomic E-state index is 0.245. The van der Waals surface area contributed by atoms with Gasteiger partial charge in [0.2, 0.25) is 0 Å². The molecule has 182 valence electrons. The largest absolute Gasteiger partial charge is 0.462 e. The van der Waals surface area contributed by atoms with E-state index >= 15 is 0 Å². The van der Waals surface area contributed by atoms with Crippen LogP contribution in [0.25, 0.3) is 0 Å². The highest BCUT2D eigenvalue weighted by Crippen LogP contribution is 2.68. The van der Waals surface area contributed by atoms with Crippen LogP contribution in [0, 0.1) is 11.3 Å². The fourth-order valence-corrected chi connectivity index (χ4v) is 7.00. The molecule has 3 aliphatic heterocycles. The number of rotatable bonds is 2. The Morgan fingerprint density at radius 1 is 1.12 bits per heavy atom. The van der Waals surface area contributed by atoms with Gasteiger partial charge < -0.3 is 28.8 Å². The molecule has 1 unspecified atom stereocenters. The highest BCUT2D eigenvalue weighted by Gasteiger charge is 2.88. The summed E-state index contributed by atoms with van der Waals surface area (Å²) in [6.45, 7) is 10.0. The molecule has 0 aromatic heterocycles. The first kappa shape index (κ1) is 22.8. The molecule has 3 saturated heterocycles.